The Morgan fingerprint density at radius 2 is 2.11 bits per heavy atom. The lowest BCUT2D eigenvalue weighted by Crippen LogP contribution is -2.27. The van der Waals surface area contributed by atoms with E-state index in [1.165, 1.54) is 18.0 Å². The number of benzene rings is 1. The molecule has 0 aromatic heterocycles. The number of amides is 1. The molecule has 0 saturated carbocycles. The fourth-order valence-electron chi connectivity index (χ4n) is 1.54. The van der Waals surface area contributed by atoms with Crippen LogP contribution in [-0.2, 0) is 16.1 Å². The zero-order valence-electron chi connectivity index (χ0n) is 9.96. The lowest BCUT2D eigenvalue weighted by Gasteiger charge is -2.14. The molecule has 0 spiro atoms. The molecule has 0 bridgehead atoms. The van der Waals surface area contributed by atoms with Gasteiger partial charge in [-0.25, -0.2) is 0 Å². The monoisotopic (exact) mass is 279 g/mol. The maximum Gasteiger partial charge on any atom is 0.269 e. The van der Waals surface area contributed by atoms with E-state index in [-0.39, 0.29) is 5.91 Å². The van der Waals surface area contributed by atoms with Crippen molar-refractivity contribution in [1.29, 1.82) is 0 Å². The van der Waals surface area contributed by atoms with Gasteiger partial charge in [-0.2, -0.15) is 0 Å². The standard InChI is InChI=1S/C13H13NO2S2/c1-2-16-9-11-12(15)14(13(17)18-11)8-10-6-4-3-5-7-10/h3-7,9H,2,8H2,1H3/b11-9+. The SMILES string of the molecule is CCO/C=C1/SC(=S)N(Cc2ccccc2)C1=O. The van der Waals surface area contributed by atoms with Crippen molar-refractivity contribution in [3.63, 3.8) is 0 Å². The lowest BCUT2D eigenvalue weighted by atomic mass is 10.2. The minimum absolute atomic E-state index is 0.0812. The minimum Gasteiger partial charge on any atom is -0.500 e. The molecule has 1 saturated heterocycles. The second-order valence-electron chi connectivity index (χ2n) is 3.68. The largest absolute Gasteiger partial charge is 0.500 e. The molecule has 1 amide bonds. The fraction of sp³-hybridized carbons (Fsp3) is 0.231. The van der Waals surface area contributed by atoms with Gasteiger partial charge in [-0.1, -0.05) is 54.3 Å². The van der Waals surface area contributed by atoms with Crippen molar-refractivity contribution in [2.75, 3.05) is 6.61 Å². The third-order valence-corrected chi connectivity index (χ3v) is 3.77. The van der Waals surface area contributed by atoms with Crippen LogP contribution in [-0.4, -0.2) is 21.7 Å². The van der Waals surface area contributed by atoms with Crippen molar-refractivity contribution >= 4 is 34.2 Å². The maximum absolute atomic E-state index is 12.1. The highest BCUT2D eigenvalue weighted by molar-refractivity contribution is 8.26. The van der Waals surface area contributed by atoms with E-state index >= 15 is 0 Å². The highest BCUT2D eigenvalue weighted by atomic mass is 32.2. The van der Waals surface area contributed by atoms with Crippen molar-refractivity contribution in [2.45, 2.75) is 13.5 Å². The third kappa shape index (κ3) is 2.91. The first-order valence-electron chi connectivity index (χ1n) is 5.61. The van der Waals surface area contributed by atoms with Gasteiger partial charge in [-0.05, 0) is 12.5 Å². The van der Waals surface area contributed by atoms with Crippen LogP contribution in [0, 0.1) is 0 Å². The van der Waals surface area contributed by atoms with E-state index < -0.39 is 0 Å². The summed E-state index contributed by atoms with van der Waals surface area (Å²) >= 11 is 6.50. The highest BCUT2D eigenvalue weighted by Crippen LogP contribution is 2.31. The molecule has 1 aromatic carbocycles. The second-order valence-corrected chi connectivity index (χ2v) is 5.36. The van der Waals surface area contributed by atoms with Crippen LogP contribution in [0.15, 0.2) is 41.5 Å². The van der Waals surface area contributed by atoms with E-state index in [4.69, 9.17) is 17.0 Å². The van der Waals surface area contributed by atoms with Crippen LogP contribution in [0.2, 0.25) is 0 Å². The number of carbonyl (C=O) groups excluding carboxylic acids is 1. The summed E-state index contributed by atoms with van der Waals surface area (Å²) in [6.07, 6.45) is 1.49. The summed E-state index contributed by atoms with van der Waals surface area (Å²) in [6, 6.07) is 9.80. The topological polar surface area (TPSA) is 29.5 Å². The first-order chi connectivity index (χ1) is 8.72. The number of nitrogens with zero attached hydrogens (tertiary/aromatic N) is 1. The molecule has 0 atom stereocenters. The van der Waals surface area contributed by atoms with Crippen LogP contribution in [0.1, 0.15) is 12.5 Å². The first-order valence-corrected chi connectivity index (χ1v) is 6.84. The van der Waals surface area contributed by atoms with E-state index in [1.807, 2.05) is 37.3 Å². The summed E-state index contributed by atoms with van der Waals surface area (Å²) < 4.78 is 5.72. The summed E-state index contributed by atoms with van der Waals surface area (Å²) in [6.45, 7) is 2.93. The zero-order valence-corrected chi connectivity index (χ0v) is 11.6. The lowest BCUT2D eigenvalue weighted by molar-refractivity contribution is -0.122. The van der Waals surface area contributed by atoms with E-state index in [0.29, 0.717) is 22.4 Å². The quantitative estimate of drug-likeness (QED) is 0.481. The Labute approximate surface area is 116 Å². The summed E-state index contributed by atoms with van der Waals surface area (Å²) in [5.74, 6) is -0.0812. The molecule has 0 radical (unpaired) electrons. The number of hydrogen-bond acceptors (Lipinski definition) is 4. The van der Waals surface area contributed by atoms with Gasteiger partial charge in [-0.3, -0.25) is 9.69 Å². The Bertz CT molecular complexity index is 485. The van der Waals surface area contributed by atoms with Crippen LogP contribution in [0.25, 0.3) is 0 Å². The van der Waals surface area contributed by atoms with Crippen LogP contribution >= 0.6 is 24.0 Å². The number of hydrogen-bond donors (Lipinski definition) is 0. The smallest absolute Gasteiger partial charge is 0.269 e. The number of thiocarbonyl (C=S) groups is 1. The molecule has 18 heavy (non-hydrogen) atoms. The van der Waals surface area contributed by atoms with Crippen LogP contribution < -0.4 is 0 Å². The summed E-state index contributed by atoms with van der Waals surface area (Å²) in [5, 5.41) is 0. The van der Waals surface area contributed by atoms with Gasteiger partial charge in [-0.15, -0.1) is 0 Å². The van der Waals surface area contributed by atoms with Gasteiger partial charge in [0.25, 0.3) is 5.91 Å². The van der Waals surface area contributed by atoms with Gasteiger partial charge in [0.05, 0.1) is 13.2 Å². The predicted molar refractivity (Wildman–Crippen MR) is 76.9 cm³/mol. The van der Waals surface area contributed by atoms with Crippen molar-refractivity contribution < 1.29 is 9.53 Å². The molecule has 94 valence electrons. The van der Waals surface area contributed by atoms with E-state index in [0.717, 1.165) is 5.56 Å². The van der Waals surface area contributed by atoms with E-state index in [1.54, 1.807) is 4.90 Å². The Morgan fingerprint density at radius 1 is 1.39 bits per heavy atom. The van der Waals surface area contributed by atoms with Gasteiger partial charge in [0.1, 0.15) is 15.5 Å². The van der Waals surface area contributed by atoms with Crippen LogP contribution in [0.3, 0.4) is 0 Å². The number of rotatable bonds is 4. The van der Waals surface area contributed by atoms with Gasteiger partial charge in [0, 0.05) is 0 Å². The summed E-state index contributed by atoms with van der Waals surface area (Å²) in [7, 11) is 0. The van der Waals surface area contributed by atoms with Gasteiger partial charge in [0.2, 0.25) is 0 Å². The summed E-state index contributed by atoms with van der Waals surface area (Å²) in [4.78, 5) is 14.2. The second kappa shape index (κ2) is 6.02. The number of thioether (sulfide) groups is 1. The zero-order chi connectivity index (χ0) is 13.0. The Balaban J connectivity index is 2.10. The molecule has 2 rings (SSSR count). The molecule has 0 N–H and O–H groups in total. The van der Waals surface area contributed by atoms with Crippen LogP contribution in [0.5, 0.6) is 0 Å². The average molecular weight is 279 g/mol. The van der Waals surface area contributed by atoms with Crippen LogP contribution in [0.4, 0.5) is 0 Å². The molecule has 1 aliphatic rings. The van der Waals surface area contributed by atoms with E-state index in [2.05, 4.69) is 0 Å². The minimum atomic E-state index is -0.0812. The normalized spacial score (nSPS) is 17.6. The predicted octanol–water partition coefficient (Wildman–Crippen LogP) is 2.92. The molecular formula is C13H13NO2S2. The Kier molecular flexibility index (Phi) is 4.38. The first kappa shape index (κ1) is 13.1. The van der Waals surface area contributed by atoms with Gasteiger partial charge in [0.15, 0.2) is 0 Å². The Morgan fingerprint density at radius 3 is 2.78 bits per heavy atom. The van der Waals surface area contributed by atoms with E-state index in [9.17, 15) is 4.79 Å². The van der Waals surface area contributed by atoms with Gasteiger partial charge < -0.3 is 4.74 Å². The van der Waals surface area contributed by atoms with Gasteiger partial charge >= 0.3 is 0 Å². The number of carbonyl (C=O) groups is 1. The van der Waals surface area contributed by atoms with Crippen molar-refractivity contribution in [3.8, 4) is 0 Å². The fourth-order valence-corrected chi connectivity index (χ4v) is 2.72. The number of ether oxygens (including phenoxy) is 1. The molecule has 0 unspecified atom stereocenters. The molecule has 3 nitrogen and oxygen atoms in total. The summed E-state index contributed by atoms with van der Waals surface area (Å²) in [5.41, 5.74) is 1.06. The van der Waals surface area contributed by atoms with Crippen molar-refractivity contribution in [1.82, 2.24) is 4.90 Å². The Hall–Kier alpha value is -1.33. The van der Waals surface area contributed by atoms with Crippen molar-refractivity contribution in [2.24, 2.45) is 0 Å². The molecule has 1 fully saturated rings. The molecule has 5 heteroatoms. The molecule has 1 heterocycles. The maximum atomic E-state index is 12.1. The molecule has 1 aromatic rings. The molecular weight excluding hydrogens is 266 g/mol. The molecule has 1 aliphatic heterocycles. The third-order valence-electron chi connectivity index (χ3n) is 2.41. The average Bonchev–Trinajstić information content (AvgIpc) is 2.65. The highest BCUT2D eigenvalue weighted by Gasteiger charge is 2.32. The molecule has 0 aliphatic carbocycles. The van der Waals surface area contributed by atoms with Crippen molar-refractivity contribution in [3.05, 3.63) is 47.1 Å².